The van der Waals surface area contributed by atoms with Gasteiger partial charge in [0, 0.05) is 10.9 Å². The van der Waals surface area contributed by atoms with E-state index in [2.05, 4.69) is 21.2 Å². The number of aryl methyl sites for hydroxylation is 1. The fourth-order valence-electron chi connectivity index (χ4n) is 1.71. The molecule has 0 aliphatic heterocycles. The highest BCUT2D eigenvalue weighted by Gasteiger charge is 2.22. The molecule has 0 radical (unpaired) electrons. The van der Waals surface area contributed by atoms with E-state index in [1.54, 1.807) is 27.7 Å². The Labute approximate surface area is 134 Å². The summed E-state index contributed by atoms with van der Waals surface area (Å²) in [7, 11) is 0. The first-order chi connectivity index (χ1) is 9.67. The van der Waals surface area contributed by atoms with Crippen molar-refractivity contribution in [3.05, 3.63) is 34.3 Å². The number of ether oxygens (including phenoxy) is 1. The number of nitrogens with one attached hydrogen (secondary N) is 1. The second-order valence-corrected chi connectivity index (χ2v) is 6.87. The monoisotopic (exact) mass is 355 g/mol. The van der Waals surface area contributed by atoms with Gasteiger partial charge in [0.2, 0.25) is 5.91 Å². The zero-order chi connectivity index (χ0) is 16.0. The van der Waals surface area contributed by atoms with Crippen LogP contribution in [-0.4, -0.2) is 23.5 Å². The maximum absolute atomic E-state index is 11.9. The molecule has 5 heteroatoms. The second kappa shape index (κ2) is 7.59. The molecule has 0 fully saturated rings. The summed E-state index contributed by atoms with van der Waals surface area (Å²) < 4.78 is 6.21. The molecule has 0 bridgehead atoms. The Balaban J connectivity index is 2.41. The van der Waals surface area contributed by atoms with Crippen LogP contribution in [0.4, 0.5) is 0 Å². The highest BCUT2D eigenvalue weighted by atomic mass is 79.9. The lowest BCUT2D eigenvalue weighted by Crippen LogP contribution is -2.42. The van der Waals surface area contributed by atoms with E-state index in [1.807, 2.05) is 24.3 Å². The highest BCUT2D eigenvalue weighted by molar-refractivity contribution is 9.10. The maximum Gasteiger partial charge on any atom is 0.328 e. The first kappa shape index (κ1) is 17.7. The van der Waals surface area contributed by atoms with Crippen LogP contribution >= 0.6 is 15.9 Å². The summed E-state index contributed by atoms with van der Waals surface area (Å²) in [5.74, 6) is -0.577. The SMILES string of the molecule is C[C@@H](NC(=O)CCc1cccc(Br)c1)C(=O)OC(C)(C)C. The van der Waals surface area contributed by atoms with Gasteiger partial charge in [-0.25, -0.2) is 4.79 Å². The largest absolute Gasteiger partial charge is 0.458 e. The van der Waals surface area contributed by atoms with E-state index in [0.717, 1.165) is 10.0 Å². The zero-order valence-electron chi connectivity index (χ0n) is 12.9. The lowest BCUT2D eigenvalue weighted by molar-refractivity contribution is -0.158. The zero-order valence-corrected chi connectivity index (χ0v) is 14.5. The maximum atomic E-state index is 11.9. The quantitative estimate of drug-likeness (QED) is 0.825. The molecule has 1 aromatic carbocycles. The van der Waals surface area contributed by atoms with Crippen LogP contribution in [-0.2, 0) is 20.7 Å². The molecule has 0 saturated heterocycles. The number of halogens is 1. The van der Waals surface area contributed by atoms with E-state index in [0.29, 0.717) is 12.8 Å². The smallest absolute Gasteiger partial charge is 0.328 e. The third-order valence-corrected chi connectivity index (χ3v) is 3.16. The van der Waals surface area contributed by atoms with Crippen molar-refractivity contribution in [3.8, 4) is 0 Å². The van der Waals surface area contributed by atoms with Crippen LogP contribution in [0.15, 0.2) is 28.7 Å². The van der Waals surface area contributed by atoms with Gasteiger partial charge in [-0.2, -0.15) is 0 Å². The molecule has 1 N–H and O–H groups in total. The number of rotatable bonds is 5. The van der Waals surface area contributed by atoms with E-state index in [1.165, 1.54) is 0 Å². The number of carbonyl (C=O) groups is 2. The van der Waals surface area contributed by atoms with Gasteiger partial charge in [0.25, 0.3) is 0 Å². The predicted molar refractivity (Wildman–Crippen MR) is 85.9 cm³/mol. The normalized spacial score (nSPS) is 12.6. The Kier molecular flexibility index (Phi) is 6.40. The Morgan fingerprint density at radius 3 is 2.57 bits per heavy atom. The van der Waals surface area contributed by atoms with Crippen molar-refractivity contribution in [1.82, 2.24) is 5.32 Å². The molecular weight excluding hydrogens is 334 g/mol. The van der Waals surface area contributed by atoms with E-state index in [4.69, 9.17) is 4.74 Å². The molecule has 0 heterocycles. The molecule has 1 atom stereocenters. The van der Waals surface area contributed by atoms with Gasteiger partial charge in [0.1, 0.15) is 11.6 Å². The van der Waals surface area contributed by atoms with Crippen molar-refractivity contribution in [1.29, 1.82) is 0 Å². The molecule has 0 spiro atoms. The molecule has 4 nitrogen and oxygen atoms in total. The summed E-state index contributed by atoms with van der Waals surface area (Å²) >= 11 is 3.39. The van der Waals surface area contributed by atoms with Crippen molar-refractivity contribution in [2.45, 2.75) is 52.2 Å². The van der Waals surface area contributed by atoms with E-state index in [9.17, 15) is 9.59 Å². The van der Waals surface area contributed by atoms with Crippen molar-refractivity contribution >= 4 is 27.8 Å². The van der Waals surface area contributed by atoms with Crippen LogP contribution in [0.3, 0.4) is 0 Å². The van der Waals surface area contributed by atoms with Gasteiger partial charge in [-0.3, -0.25) is 4.79 Å². The summed E-state index contributed by atoms with van der Waals surface area (Å²) in [6, 6.07) is 7.17. The van der Waals surface area contributed by atoms with Gasteiger partial charge in [-0.1, -0.05) is 28.1 Å². The lowest BCUT2D eigenvalue weighted by atomic mass is 10.1. The number of esters is 1. The number of amides is 1. The van der Waals surface area contributed by atoms with Crippen LogP contribution in [0.2, 0.25) is 0 Å². The first-order valence-electron chi connectivity index (χ1n) is 6.94. The Morgan fingerprint density at radius 2 is 2.00 bits per heavy atom. The molecule has 21 heavy (non-hydrogen) atoms. The Hall–Kier alpha value is -1.36. The summed E-state index contributed by atoms with van der Waals surface area (Å²) in [5, 5.41) is 2.66. The summed E-state index contributed by atoms with van der Waals surface area (Å²) in [5.41, 5.74) is 0.524. The average molecular weight is 356 g/mol. The third-order valence-electron chi connectivity index (χ3n) is 2.67. The lowest BCUT2D eigenvalue weighted by Gasteiger charge is -2.22. The fraction of sp³-hybridized carbons (Fsp3) is 0.500. The first-order valence-corrected chi connectivity index (χ1v) is 7.73. The molecule has 0 aliphatic carbocycles. The minimum Gasteiger partial charge on any atom is -0.458 e. The molecule has 0 unspecified atom stereocenters. The number of hydrogen-bond acceptors (Lipinski definition) is 3. The highest BCUT2D eigenvalue weighted by Crippen LogP contribution is 2.13. The van der Waals surface area contributed by atoms with Gasteiger partial charge in [0.15, 0.2) is 0 Å². The van der Waals surface area contributed by atoms with Crippen molar-refractivity contribution in [2.75, 3.05) is 0 Å². The average Bonchev–Trinajstić information content (AvgIpc) is 2.34. The number of hydrogen-bond donors (Lipinski definition) is 1. The predicted octanol–water partition coefficient (Wildman–Crippen LogP) is 3.23. The topological polar surface area (TPSA) is 55.4 Å². The van der Waals surface area contributed by atoms with Crippen LogP contribution in [0.25, 0.3) is 0 Å². The molecule has 1 rings (SSSR count). The third kappa shape index (κ3) is 7.27. The molecule has 0 saturated carbocycles. The summed E-state index contributed by atoms with van der Waals surface area (Å²) in [6.45, 7) is 7.02. The van der Waals surface area contributed by atoms with Crippen molar-refractivity contribution in [2.24, 2.45) is 0 Å². The van der Waals surface area contributed by atoms with E-state index < -0.39 is 17.6 Å². The Bertz CT molecular complexity index is 508. The molecule has 1 aromatic rings. The molecule has 116 valence electrons. The van der Waals surface area contributed by atoms with E-state index >= 15 is 0 Å². The van der Waals surface area contributed by atoms with Gasteiger partial charge in [-0.15, -0.1) is 0 Å². The van der Waals surface area contributed by atoms with Crippen molar-refractivity contribution in [3.63, 3.8) is 0 Å². The molecule has 1 amide bonds. The van der Waals surface area contributed by atoms with Crippen LogP contribution in [0.1, 0.15) is 39.7 Å². The molecular formula is C16H22BrNO3. The van der Waals surface area contributed by atoms with E-state index in [-0.39, 0.29) is 5.91 Å². The minimum atomic E-state index is -0.640. The molecule has 0 aromatic heterocycles. The van der Waals surface area contributed by atoms with Crippen LogP contribution in [0, 0.1) is 0 Å². The minimum absolute atomic E-state index is 0.159. The van der Waals surface area contributed by atoms with Gasteiger partial charge in [0.05, 0.1) is 0 Å². The fourth-order valence-corrected chi connectivity index (χ4v) is 2.16. The standard InChI is InChI=1S/C16H22BrNO3/c1-11(15(20)21-16(2,3)4)18-14(19)9-8-12-6-5-7-13(17)10-12/h5-7,10-11H,8-9H2,1-4H3,(H,18,19)/t11-/m1/s1. The summed E-state index contributed by atoms with van der Waals surface area (Å²) in [6.07, 6.45) is 0.968. The molecule has 0 aliphatic rings. The second-order valence-electron chi connectivity index (χ2n) is 5.95. The number of benzene rings is 1. The Morgan fingerprint density at radius 1 is 1.33 bits per heavy atom. The summed E-state index contributed by atoms with van der Waals surface area (Å²) in [4.78, 5) is 23.6. The van der Waals surface area contributed by atoms with Crippen LogP contribution in [0.5, 0.6) is 0 Å². The van der Waals surface area contributed by atoms with Gasteiger partial charge >= 0.3 is 5.97 Å². The van der Waals surface area contributed by atoms with Crippen LogP contribution < -0.4 is 5.32 Å². The number of carbonyl (C=O) groups excluding carboxylic acids is 2. The van der Waals surface area contributed by atoms with Gasteiger partial charge < -0.3 is 10.1 Å². The van der Waals surface area contributed by atoms with Gasteiger partial charge in [-0.05, 0) is 51.8 Å². The van der Waals surface area contributed by atoms with Crippen molar-refractivity contribution < 1.29 is 14.3 Å².